The minimum Gasteiger partial charge on any atom is -0.462 e. The molecule has 0 aromatic rings. The molecule has 0 fully saturated rings. The summed E-state index contributed by atoms with van der Waals surface area (Å²) in [6, 6.07) is 0. The quantitative estimate of drug-likeness (QED) is 0.386. The van der Waals surface area contributed by atoms with Crippen molar-refractivity contribution in [3.8, 4) is 0 Å². The molecule has 0 rings (SSSR count). The molecule has 0 spiro atoms. The fourth-order valence-electron chi connectivity index (χ4n) is 0.937. The van der Waals surface area contributed by atoms with Crippen molar-refractivity contribution in [2.45, 2.75) is 27.2 Å². The zero-order valence-corrected chi connectivity index (χ0v) is 9.02. The van der Waals surface area contributed by atoms with Gasteiger partial charge in [-0.3, -0.25) is 0 Å². The first kappa shape index (κ1) is 12.7. The SMILES string of the molecule is CCCN/C(C)=C(\C=N)C(=O)OCC. The van der Waals surface area contributed by atoms with E-state index in [0.29, 0.717) is 17.9 Å². The van der Waals surface area contributed by atoms with Gasteiger partial charge in [0, 0.05) is 18.5 Å². The number of rotatable bonds is 6. The summed E-state index contributed by atoms with van der Waals surface area (Å²) in [4.78, 5) is 11.3. The lowest BCUT2D eigenvalue weighted by Crippen LogP contribution is -2.19. The van der Waals surface area contributed by atoms with Crippen LogP contribution in [0.2, 0.25) is 0 Å². The van der Waals surface area contributed by atoms with Gasteiger partial charge in [0.1, 0.15) is 0 Å². The Labute approximate surface area is 84.8 Å². The van der Waals surface area contributed by atoms with Gasteiger partial charge in [0.05, 0.1) is 12.2 Å². The Kier molecular flexibility index (Phi) is 6.45. The topological polar surface area (TPSA) is 62.2 Å². The predicted octanol–water partition coefficient (Wildman–Crippen LogP) is 1.47. The number of carbonyl (C=O) groups excluding carboxylic acids is 1. The number of nitrogens with one attached hydrogen (secondary N) is 2. The first-order valence-corrected chi connectivity index (χ1v) is 4.79. The molecule has 0 amide bonds. The van der Waals surface area contributed by atoms with Crippen molar-refractivity contribution in [1.82, 2.24) is 5.32 Å². The van der Waals surface area contributed by atoms with Crippen molar-refractivity contribution in [3.63, 3.8) is 0 Å². The molecule has 80 valence electrons. The Morgan fingerprint density at radius 3 is 2.57 bits per heavy atom. The summed E-state index contributed by atoms with van der Waals surface area (Å²) in [5, 5.41) is 10.2. The molecule has 0 saturated carbocycles. The molecule has 0 aromatic carbocycles. The number of esters is 1. The van der Waals surface area contributed by atoms with Crippen LogP contribution in [0.1, 0.15) is 27.2 Å². The molecular weight excluding hydrogens is 180 g/mol. The van der Waals surface area contributed by atoms with E-state index in [9.17, 15) is 4.79 Å². The van der Waals surface area contributed by atoms with Crippen LogP contribution in [0, 0.1) is 5.41 Å². The van der Waals surface area contributed by atoms with E-state index in [0.717, 1.165) is 19.2 Å². The molecule has 4 heteroatoms. The molecule has 4 nitrogen and oxygen atoms in total. The Bertz CT molecular complexity index is 234. The van der Waals surface area contributed by atoms with Gasteiger partial charge in [0.2, 0.25) is 0 Å². The highest BCUT2D eigenvalue weighted by atomic mass is 16.5. The van der Waals surface area contributed by atoms with Gasteiger partial charge >= 0.3 is 5.97 Å². The van der Waals surface area contributed by atoms with Crippen LogP contribution in [-0.2, 0) is 9.53 Å². The monoisotopic (exact) mass is 198 g/mol. The highest BCUT2D eigenvalue weighted by Crippen LogP contribution is 2.01. The smallest absolute Gasteiger partial charge is 0.341 e. The highest BCUT2D eigenvalue weighted by Gasteiger charge is 2.10. The van der Waals surface area contributed by atoms with Crippen LogP contribution in [0.15, 0.2) is 11.3 Å². The van der Waals surface area contributed by atoms with Gasteiger partial charge in [-0.05, 0) is 20.3 Å². The van der Waals surface area contributed by atoms with Crippen molar-refractivity contribution in [1.29, 1.82) is 5.41 Å². The largest absolute Gasteiger partial charge is 0.462 e. The molecule has 0 aliphatic rings. The first-order chi connectivity index (χ1) is 6.67. The van der Waals surface area contributed by atoms with Crippen LogP contribution in [0.3, 0.4) is 0 Å². The summed E-state index contributed by atoms with van der Waals surface area (Å²) >= 11 is 0. The number of ether oxygens (including phenoxy) is 1. The molecule has 0 aliphatic carbocycles. The summed E-state index contributed by atoms with van der Waals surface area (Å²) in [5.74, 6) is -0.441. The normalized spacial score (nSPS) is 11.6. The molecule has 0 radical (unpaired) electrons. The van der Waals surface area contributed by atoms with Crippen molar-refractivity contribution in [3.05, 3.63) is 11.3 Å². The second kappa shape index (κ2) is 7.12. The summed E-state index contributed by atoms with van der Waals surface area (Å²) in [6.45, 7) is 6.68. The zero-order chi connectivity index (χ0) is 11.0. The van der Waals surface area contributed by atoms with Gasteiger partial charge in [0.25, 0.3) is 0 Å². The maximum absolute atomic E-state index is 11.3. The fraction of sp³-hybridized carbons (Fsp3) is 0.600. The highest BCUT2D eigenvalue weighted by molar-refractivity contribution is 6.09. The van der Waals surface area contributed by atoms with Crippen molar-refractivity contribution < 1.29 is 9.53 Å². The van der Waals surface area contributed by atoms with Gasteiger partial charge in [-0.25, -0.2) is 4.79 Å². The predicted molar refractivity (Wildman–Crippen MR) is 56.4 cm³/mol. The van der Waals surface area contributed by atoms with Crippen molar-refractivity contribution in [2.75, 3.05) is 13.2 Å². The van der Waals surface area contributed by atoms with E-state index in [1.807, 2.05) is 6.92 Å². The van der Waals surface area contributed by atoms with Gasteiger partial charge in [-0.15, -0.1) is 0 Å². The zero-order valence-electron chi connectivity index (χ0n) is 9.02. The van der Waals surface area contributed by atoms with E-state index in [1.165, 1.54) is 0 Å². The number of hydrogen-bond acceptors (Lipinski definition) is 4. The third-order valence-electron chi connectivity index (χ3n) is 1.68. The molecular formula is C10H18N2O2. The van der Waals surface area contributed by atoms with E-state index >= 15 is 0 Å². The Morgan fingerprint density at radius 1 is 1.50 bits per heavy atom. The van der Waals surface area contributed by atoms with Crippen LogP contribution >= 0.6 is 0 Å². The van der Waals surface area contributed by atoms with E-state index in [4.69, 9.17) is 10.1 Å². The molecule has 0 bridgehead atoms. The van der Waals surface area contributed by atoms with Crippen LogP contribution in [-0.4, -0.2) is 25.3 Å². The van der Waals surface area contributed by atoms with E-state index in [-0.39, 0.29) is 0 Å². The number of allylic oxidation sites excluding steroid dienone is 1. The summed E-state index contributed by atoms with van der Waals surface area (Å²) in [5.41, 5.74) is 0.987. The third kappa shape index (κ3) is 4.07. The Balaban J connectivity index is 4.48. The molecule has 0 unspecified atom stereocenters. The lowest BCUT2D eigenvalue weighted by molar-refractivity contribution is -0.137. The van der Waals surface area contributed by atoms with Crippen LogP contribution in [0.25, 0.3) is 0 Å². The summed E-state index contributed by atoms with van der Waals surface area (Å²) < 4.78 is 4.81. The van der Waals surface area contributed by atoms with E-state index < -0.39 is 5.97 Å². The van der Waals surface area contributed by atoms with E-state index in [1.54, 1.807) is 13.8 Å². The third-order valence-corrected chi connectivity index (χ3v) is 1.68. The molecule has 14 heavy (non-hydrogen) atoms. The Morgan fingerprint density at radius 2 is 2.14 bits per heavy atom. The molecule has 2 N–H and O–H groups in total. The van der Waals surface area contributed by atoms with E-state index in [2.05, 4.69) is 5.32 Å². The minimum atomic E-state index is -0.441. The Hall–Kier alpha value is -1.32. The summed E-state index contributed by atoms with van der Waals surface area (Å²) in [7, 11) is 0. The van der Waals surface area contributed by atoms with Crippen LogP contribution in [0.4, 0.5) is 0 Å². The average molecular weight is 198 g/mol. The lowest BCUT2D eigenvalue weighted by Gasteiger charge is -2.08. The maximum Gasteiger partial charge on any atom is 0.341 e. The van der Waals surface area contributed by atoms with Crippen LogP contribution in [0.5, 0.6) is 0 Å². The molecule has 0 saturated heterocycles. The van der Waals surface area contributed by atoms with Gasteiger partial charge in [-0.2, -0.15) is 0 Å². The molecule has 0 aliphatic heterocycles. The van der Waals surface area contributed by atoms with Gasteiger partial charge in [0.15, 0.2) is 0 Å². The number of carbonyl (C=O) groups is 1. The minimum absolute atomic E-state index is 0.292. The second-order valence-corrected chi connectivity index (χ2v) is 2.83. The van der Waals surface area contributed by atoms with Gasteiger partial charge in [-0.1, -0.05) is 6.92 Å². The standard InChI is InChI=1S/C10H18N2O2/c1-4-6-12-8(3)9(7-11)10(13)14-5-2/h7,11-12H,4-6H2,1-3H3/b9-8+,11-7?. The fourth-order valence-corrected chi connectivity index (χ4v) is 0.937. The van der Waals surface area contributed by atoms with Crippen molar-refractivity contribution in [2.24, 2.45) is 0 Å². The maximum atomic E-state index is 11.3. The van der Waals surface area contributed by atoms with Crippen molar-refractivity contribution >= 4 is 12.2 Å². The molecule has 0 heterocycles. The molecule has 0 atom stereocenters. The molecule has 0 aromatic heterocycles. The second-order valence-electron chi connectivity index (χ2n) is 2.83. The van der Waals surface area contributed by atoms with Crippen LogP contribution < -0.4 is 5.32 Å². The number of hydrogen-bond donors (Lipinski definition) is 2. The van der Waals surface area contributed by atoms with Gasteiger partial charge < -0.3 is 15.5 Å². The average Bonchev–Trinajstić information content (AvgIpc) is 2.16. The summed E-state index contributed by atoms with van der Waals surface area (Å²) in [6.07, 6.45) is 2.00. The first-order valence-electron chi connectivity index (χ1n) is 4.79. The lowest BCUT2D eigenvalue weighted by atomic mass is 10.2.